The molecule has 2 aromatic carbocycles. The van der Waals surface area contributed by atoms with Crippen molar-refractivity contribution in [3.8, 4) is 11.1 Å². The first kappa shape index (κ1) is 25.7. The van der Waals surface area contributed by atoms with Crippen molar-refractivity contribution in [3.05, 3.63) is 52.7 Å². The fourth-order valence-electron chi connectivity index (χ4n) is 4.57. The molecule has 4 rings (SSSR count). The minimum absolute atomic E-state index is 0.840. The first-order valence-electron chi connectivity index (χ1n) is 11.4. The molecule has 184 valence electrons. The van der Waals surface area contributed by atoms with Crippen molar-refractivity contribution in [1.29, 1.82) is 0 Å². The Kier molecular flexibility index (Phi) is 7.70. The molecule has 3 aromatic rings. The van der Waals surface area contributed by atoms with Crippen LogP contribution in [0.4, 0.5) is 13.2 Å². The van der Waals surface area contributed by atoms with Crippen molar-refractivity contribution in [2.45, 2.75) is 58.7 Å². The third-order valence-electron chi connectivity index (χ3n) is 6.27. The number of carbonyl (C=O) groups is 1. The van der Waals surface area contributed by atoms with Gasteiger partial charge in [-0.2, -0.15) is 18.3 Å². The molecular formula is C26H32F3N3O2. The number of carboxylic acids is 1. The highest BCUT2D eigenvalue weighted by Crippen LogP contribution is 2.35. The molecule has 1 fully saturated rings. The van der Waals surface area contributed by atoms with Crippen molar-refractivity contribution in [3.63, 3.8) is 0 Å². The summed E-state index contributed by atoms with van der Waals surface area (Å²) in [4.78, 5) is 11.4. The lowest BCUT2D eigenvalue weighted by Gasteiger charge is -2.15. The van der Waals surface area contributed by atoms with Gasteiger partial charge in [0.05, 0.1) is 0 Å². The number of nitrogens with zero attached hydrogens (tertiary/aromatic N) is 3. The second-order valence-corrected chi connectivity index (χ2v) is 9.16. The van der Waals surface area contributed by atoms with Crippen LogP contribution in [0, 0.1) is 20.8 Å². The summed E-state index contributed by atoms with van der Waals surface area (Å²) in [7, 11) is 4.36. The minimum Gasteiger partial charge on any atom is -0.475 e. The standard InChI is InChI=1S/C24H31N3.C2HF3O2/c1-16-14-17(2)23(18(3)15-16)21-9-6-8-20-22(27(5)25-24(20)21)10-7-13-26(4)19-11-12-19;3-2(4,5)1(6)7/h6,8-9,14-15,19H,7,10-13H2,1-5H3;(H,6,7). The van der Waals surface area contributed by atoms with Gasteiger partial charge in [0.25, 0.3) is 0 Å². The van der Waals surface area contributed by atoms with Crippen LogP contribution in [0.25, 0.3) is 22.0 Å². The highest BCUT2D eigenvalue weighted by atomic mass is 19.4. The predicted molar refractivity (Wildman–Crippen MR) is 128 cm³/mol. The SMILES string of the molecule is Cc1cc(C)c(-c2cccc3c(CCCN(C)C4CC4)n(C)nc23)c(C)c1.O=C(O)C(F)(F)F. The third-order valence-corrected chi connectivity index (χ3v) is 6.27. The van der Waals surface area contributed by atoms with Crippen LogP contribution >= 0.6 is 0 Å². The lowest BCUT2D eigenvalue weighted by molar-refractivity contribution is -0.192. The van der Waals surface area contributed by atoms with Gasteiger partial charge in [0.2, 0.25) is 0 Å². The Balaban J connectivity index is 0.000000406. The molecule has 1 aliphatic rings. The maximum Gasteiger partial charge on any atom is 0.490 e. The van der Waals surface area contributed by atoms with Gasteiger partial charge in [-0.25, -0.2) is 4.79 Å². The Labute approximate surface area is 198 Å². The van der Waals surface area contributed by atoms with E-state index in [0.717, 1.165) is 18.0 Å². The summed E-state index contributed by atoms with van der Waals surface area (Å²) in [6.45, 7) is 7.77. The van der Waals surface area contributed by atoms with E-state index in [1.165, 1.54) is 64.7 Å². The van der Waals surface area contributed by atoms with Crippen LogP contribution < -0.4 is 0 Å². The number of hydrogen-bond acceptors (Lipinski definition) is 3. The van der Waals surface area contributed by atoms with E-state index in [9.17, 15) is 13.2 Å². The summed E-state index contributed by atoms with van der Waals surface area (Å²) in [5.74, 6) is -2.76. The summed E-state index contributed by atoms with van der Waals surface area (Å²) in [5.41, 5.74) is 9.08. The van der Waals surface area contributed by atoms with Gasteiger partial charge in [-0.1, -0.05) is 35.9 Å². The number of hydrogen-bond donors (Lipinski definition) is 1. The van der Waals surface area contributed by atoms with Gasteiger partial charge in [0.1, 0.15) is 5.52 Å². The van der Waals surface area contributed by atoms with Crippen LogP contribution in [-0.4, -0.2) is 51.6 Å². The summed E-state index contributed by atoms with van der Waals surface area (Å²) < 4.78 is 33.8. The van der Waals surface area contributed by atoms with Crippen molar-refractivity contribution >= 4 is 16.9 Å². The smallest absolute Gasteiger partial charge is 0.475 e. The van der Waals surface area contributed by atoms with Gasteiger partial charge in [0.15, 0.2) is 0 Å². The monoisotopic (exact) mass is 475 g/mol. The van der Waals surface area contributed by atoms with Gasteiger partial charge >= 0.3 is 12.1 Å². The van der Waals surface area contributed by atoms with Crippen LogP contribution in [0.5, 0.6) is 0 Å². The molecule has 1 aliphatic carbocycles. The van der Waals surface area contributed by atoms with Crippen LogP contribution in [0.15, 0.2) is 30.3 Å². The van der Waals surface area contributed by atoms with Gasteiger partial charge < -0.3 is 10.0 Å². The number of carboxylic acid groups (broad SMARTS) is 1. The van der Waals surface area contributed by atoms with Crippen molar-refractivity contribution in [1.82, 2.24) is 14.7 Å². The number of halogens is 3. The molecule has 0 aliphatic heterocycles. The van der Waals surface area contributed by atoms with E-state index in [0.29, 0.717) is 0 Å². The van der Waals surface area contributed by atoms with Crippen molar-refractivity contribution in [2.24, 2.45) is 7.05 Å². The third kappa shape index (κ3) is 5.97. The summed E-state index contributed by atoms with van der Waals surface area (Å²) in [6, 6.07) is 12.1. The Hall–Kier alpha value is -2.87. The van der Waals surface area contributed by atoms with Gasteiger partial charge in [-0.3, -0.25) is 4.68 Å². The number of rotatable bonds is 6. The molecule has 0 spiro atoms. The molecule has 1 saturated carbocycles. The van der Waals surface area contributed by atoms with E-state index >= 15 is 0 Å². The molecule has 0 amide bonds. The number of benzene rings is 2. The molecule has 8 heteroatoms. The Morgan fingerprint density at radius 2 is 1.76 bits per heavy atom. The second kappa shape index (κ2) is 10.2. The lowest BCUT2D eigenvalue weighted by Crippen LogP contribution is -2.22. The largest absolute Gasteiger partial charge is 0.490 e. The molecule has 34 heavy (non-hydrogen) atoms. The summed E-state index contributed by atoms with van der Waals surface area (Å²) in [5, 5.41) is 13.4. The molecule has 0 unspecified atom stereocenters. The second-order valence-electron chi connectivity index (χ2n) is 9.16. The van der Waals surface area contributed by atoms with Crippen LogP contribution in [0.2, 0.25) is 0 Å². The molecule has 0 saturated heterocycles. The zero-order valence-corrected chi connectivity index (χ0v) is 20.3. The Morgan fingerprint density at radius 1 is 1.18 bits per heavy atom. The van der Waals surface area contributed by atoms with Crippen LogP contribution in [0.1, 0.15) is 41.6 Å². The fourth-order valence-corrected chi connectivity index (χ4v) is 4.57. The first-order valence-corrected chi connectivity index (χ1v) is 11.4. The van der Waals surface area contributed by atoms with Gasteiger partial charge in [-0.05, 0) is 76.7 Å². The van der Waals surface area contributed by atoms with Crippen LogP contribution in [0.3, 0.4) is 0 Å². The number of aryl methyl sites for hydroxylation is 5. The highest BCUT2D eigenvalue weighted by Gasteiger charge is 2.38. The van der Waals surface area contributed by atoms with Crippen molar-refractivity contribution in [2.75, 3.05) is 13.6 Å². The summed E-state index contributed by atoms with van der Waals surface area (Å²) in [6.07, 6.45) is -0.0542. The quantitative estimate of drug-likeness (QED) is 0.488. The Bertz CT molecular complexity index is 1160. The first-order chi connectivity index (χ1) is 15.9. The highest BCUT2D eigenvalue weighted by molar-refractivity contribution is 5.96. The number of aromatic nitrogens is 2. The molecule has 0 atom stereocenters. The van der Waals surface area contributed by atoms with Gasteiger partial charge in [-0.15, -0.1) is 0 Å². The van der Waals surface area contributed by atoms with Crippen LogP contribution in [-0.2, 0) is 18.3 Å². The number of fused-ring (bicyclic) bond motifs is 1. The van der Waals surface area contributed by atoms with E-state index in [-0.39, 0.29) is 0 Å². The zero-order chi connectivity index (χ0) is 25.2. The molecule has 1 heterocycles. The zero-order valence-electron chi connectivity index (χ0n) is 20.3. The average molecular weight is 476 g/mol. The van der Waals surface area contributed by atoms with E-state index in [1.54, 1.807) is 0 Å². The topological polar surface area (TPSA) is 58.4 Å². The molecule has 1 aromatic heterocycles. The van der Waals surface area contributed by atoms with E-state index in [1.807, 2.05) is 0 Å². The molecule has 5 nitrogen and oxygen atoms in total. The molecule has 0 bridgehead atoms. The maximum absolute atomic E-state index is 10.6. The summed E-state index contributed by atoms with van der Waals surface area (Å²) >= 11 is 0. The van der Waals surface area contributed by atoms with Crippen molar-refractivity contribution < 1.29 is 23.1 Å². The van der Waals surface area contributed by atoms with Gasteiger partial charge in [0, 0.05) is 29.7 Å². The number of aliphatic carboxylic acids is 1. The lowest BCUT2D eigenvalue weighted by atomic mass is 9.92. The molecule has 0 radical (unpaired) electrons. The van der Waals surface area contributed by atoms with E-state index < -0.39 is 12.1 Å². The molecular weight excluding hydrogens is 443 g/mol. The minimum atomic E-state index is -5.08. The normalized spacial score (nSPS) is 13.8. The maximum atomic E-state index is 10.6. The predicted octanol–water partition coefficient (Wildman–Crippen LogP) is 5.83. The number of alkyl halides is 3. The Morgan fingerprint density at radius 3 is 2.29 bits per heavy atom. The average Bonchev–Trinajstić information content (AvgIpc) is 3.52. The fraction of sp³-hybridized carbons (Fsp3) is 0.462. The van der Waals surface area contributed by atoms with E-state index in [4.69, 9.17) is 15.0 Å². The van der Waals surface area contributed by atoms with E-state index in [2.05, 4.69) is 74.8 Å². The molecule has 1 N–H and O–H groups in total.